The zero-order valence-corrected chi connectivity index (χ0v) is 11.3. The molecular weight excluding hydrogens is 268 g/mol. The van der Waals surface area contributed by atoms with Crippen LogP contribution in [0, 0.1) is 0 Å². The topological polar surface area (TPSA) is 58.3 Å². The van der Waals surface area contributed by atoms with Gasteiger partial charge in [0.05, 0.1) is 17.0 Å². The molecule has 0 aliphatic heterocycles. The molecule has 1 aromatic rings. The second-order valence-electron chi connectivity index (χ2n) is 4.33. The van der Waals surface area contributed by atoms with Crippen molar-refractivity contribution in [2.75, 3.05) is 17.6 Å². The van der Waals surface area contributed by atoms with E-state index in [-0.39, 0.29) is 0 Å². The molecule has 0 saturated carbocycles. The predicted molar refractivity (Wildman–Crippen MR) is 72.6 cm³/mol. The molecule has 0 aromatic heterocycles. The standard InChI is InChI=1S/C12H19BrN2O/c1-3-6-12(2,16)8-15-11-7-9(13)4-5-10(11)14/h4-5,7,15-16H,3,6,8,14H2,1-2H3. The van der Waals surface area contributed by atoms with Gasteiger partial charge in [0.25, 0.3) is 0 Å². The molecule has 1 rings (SSSR count). The maximum absolute atomic E-state index is 10.0. The van der Waals surface area contributed by atoms with Gasteiger partial charge in [-0.1, -0.05) is 29.3 Å². The third-order valence-electron chi connectivity index (χ3n) is 2.46. The highest BCUT2D eigenvalue weighted by Gasteiger charge is 2.18. The maximum Gasteiger partial charge on any atom is 0.0791 e. The van der Waals surface area contributed by atoms with Gasteiger partial charge in [-0.05, 0) is 31.5 Å². The minimum Gasteiger partial charge on any atom is -0.397 e. The van der Waals surface area contributed by atoms with Crippen LogP contribution in [0.2, 0.25) is 0 Å². The number of anilines is 2. The lowest BCUT2D eigenvalue weighted by Gasteiger charge is -2.24. The Morgan fingerprint density at radius 3 is 2.81 bits per heavy atom. The lowest BCUT2D eigenvalue weighted by molar-refractivity contribution is 0.0637. The zero-order chi connectivity index (χ0) is 12.2. The molecular formula is C12H19BrN2O. The van der Waals surface area contributed by atoms with Crippen LogP contribution in [0.25, 0.3) is 0 Å². The smallest absolute Gasteiger partial charge is 0.0791 e. The molecule has 0 aliphatic rings. The average molecular weight is 287 g/mol. The quantitative estimate of drug-likeness (QED) is 0.730. The van der Waals surface area contributed by atoms with Gasteiger partial charge in [0.2, 0.25) is 0 Å². The molecule has 0 fully saturated rings. The Morgan fingerprint density at radius 1 is 1.50 bits per heavy atom. The molecule has 0 bridgehead atoms. The van der Waals surface area contributed by atoms with Crippen molar-refractivity contribution in [1.29, 1.82) is 0 Å². The molecule has 0 saturated heterocycles. The van der Waals surface area contributed by atoms with E-state index >= 15 is 0 Å². The number of aliphatic hydroxyl groups is 1. The zero-order valence-electron chi connectivity index (χ0n) is 9.76. The van der Waals surface area contributed by atoms with Gasteiger partial charge in [-0.15, -0.1) is 0 Å². The normalized spacial score (nSPS) is 14.5. The lowest BCUT2D eigenvalue weighted by atomic mass is 10.0. The maximum atomic E-state index is 10.0. The molecule has 16 heavy (non-hydrogen) atoms. The monoisotopic (exact) mass is 286 g/mol. The van der Waals surface area contributed by atoms with Crippen LogP contribution < -0.4 is 11.1 Å². The van der Waals surface area contributed by atoms with E-state index in [0.717, 1.165) is 23.0 Å². The van der Waals surface area contributed by atoms with E-state index in [9.17, 15) is 5.11 Å². The number of nitrogen functional groups attached to an aromatic ring is 1. The Labute approximate surface area is 105 Å². The summed E-state index contributed by atoms with van der Waals surface area (Å²) in [6.45, 7) is 4.39. The van der Waals surface area contributed by atoms with Crippen molar-refractivity contribution in [2.45, 2.75) is 32.3 Å². The predicted octanol–water partition coefficient (Wildman–Crippen LogP) is 2.99. The summed E-state index contributed by atoms with van der Waals surface area (Å²) >= 11 is 3.39. The van der Waals surface area contributed by atoms with Gasteiger partial charge >= 0.3 is 0 Å². The lowest BCUT2D eigenvalue weighted by Crippen LogP contribution is -2.33. The molecule has 1 atom stereocenters. The van der Waals surface area contributed by atoms with E-state index in [1.807, 2.05) is 25.1 Å². The number of nitrogens with two attached hydrogens (primary N) is 1. The van der Waals surface area contributed by atoms with Crippen LogP contribution in [-0.4, -0.2) is 17.3 Å². The molecule has 0 aliphatic carbocycles. The summed E-state index contributed by atoms with van der Waals surface area (Å²) in [6.07, 6.45) is 1.73. The van der Waals surface area contributed by atoms with Crippen LogP contribution in [0.1, 0.15) is 26.7 Å². The second kappa shape index (κ2) is 5.55. The molecule has 90 valence electrons. The fourth-order valence-electron chi connectivity index (χ4n) is 1.59. The van der Waals surface area contributed by atoms with Crippen molar-refractivity contribution in [3.63, 3.8) is 0 Å². The van der Waals surface area contributed by atoms with E-state index in [1.165, 1.54) is 0 Å². The highest BCUT2D eigenvalue weighted by molar-refractivity contribution is 9.10. The van der Waals surface area contributed by atoms with Crippen LogP contribution in [-0.2, 0) is 0 Å². The summed E-state index contributed by atoms with van der Waals surface area (Å²) in [5, 5.41) is 13.2. The van der Waals surface area contributed by atoms with Gasteiger partial charge in [-0.3, -0.25) is 0 Å². The molecule has 4 heteroatoms. The number of hydrogen-bond acceptors (Lipinski definition) is 3. The molecule has 0 amide bonds. The van der Waals surface area contributed by atoms with Crippen molar-refractivity contribution in [3.05, 3.63) is 22.7 Å². The minimum atomic E-state index is -0.691. The number of benzene rings is 1. The molecule has 3 nitrogen and oxygen atoms in total. The Balaban J connectivity index is 2.63. The molecule has 0 spiro atoms. The van der Waals surface area contributed by atoms with Crippen LogP contribution in [0.3, 0.4) is 0 Å². The van der Waals surface area contributed by atoms with E-state index in [0.29, 0.717) is 12.2 Å². The Morgan fingerprint density at radius 2 is 2.19 bits per heavy atom. The van der Waals surface area contributed by atoms with Gasteiger partial charge in [-0.25, -0.2) is 0 Å². The fraction of sp³-hybridized carbons (Fsp3) is 0.500. The van der Waals surface area contributed by atoms with Crippen molar-refractivity contribution in [3.8, 4) is 0 Å². The summed E-state index contributed by atoms with van der Waals surface area (Å²) in [5.74, 6) is 0. The summed E-state index contributed by atoms with van der Waals surface area (Å²) in [7, 11) is 0. The molecule has 0 heterocycles. The van der Waals surface area contributed by atoms with Gasteiger partial charge < -0.3 is 16.2 Å². The van der Waals surface area contributed by atoms with Gasteiger partial charge in [0.15, 0.2) is 0 Å². The van der Waals surface area contributed by atoms with Crippen LogP contribution in [0.4, 0.5) is 11.4 Å². The first kappa shape index (κ1) is 13.3. The number of rotatable bonds is 5. The average Bonchev–Trinajstić information content (AvgIpc) is 2.19. The second-order valence-corrected chi connectivity index (χ2v) is 5.25. The Hall–Kier alpha value is -0.740. The summed E-state index contributed by atoms with van der Waals surface area (Å²) in [5.41, 5.74) is 6.68. The fourth-order valence-corrected chi connectivity index (χ4v) is 1.96. The summed E-state index contributed by atoms with van der Waals surface area (Å²) < 4.78 is 0.972. The van der Waals surface area contributed by atoms with E-state index in [1.54, 1.807) is 0 Å². The molecule has 0 radical (unpaired) electrons. The molecule has 4 N–H and O–H groups in total. The summed E-state index contributed by atoms with van der Waals surface area (Å²) in [4.78, 5) is 0. The van der Waals surface area contributed by atoms with Crippen molar-refractivity contribution >= 4 is 27.3 Å². The van der Waals surface area contributed by atoms with Crippen molar-refractivity contribution < 1.29 is 5.11 Å². The molecule has 1 aromatic carbocycles. The third kappa shape index (κ3) is 4.02. The van der Waals surface area contributed by atoms with Crippen molar-refractivity contribution in [1.82, 2.24) is 0 Å². The largest absolute Gasteiger partial charge is 0.397 e. The number of hydrogen-bond donors (Lipinski definition) is 3. The minimum absolute atomic E-state index is 0.501. The number of halogens is 1. The van der Waals surface area contributed by atoms with Crippen LogP contribution in [0.5, 0.6) is 0 Å². The van der Waals surface area contributed by atoms with E-state index < -0.39 is 5.60 Å². The van der Waals surface area contributed by atoms with Gasteiger partial charge in [0, 0.05) is 11.0 Å². The van der Waals surface area contributed by atoms with Gasteiger partial charge in [0.1, 0.15) is 0 Å². The summed E-state index contributed by atoms with van der Waals surface area (Å²) in [6, 6.07) is 5.64. The first-order chi connectivity index (χ1) is 7.44. The highest BCUT2D eigenvalue weighted by Crippen LogP contribution is 2.24. The van der Waals surface area contributed by atoms with E-state index in [2.05, 4.69) is 28.2 Å². The first-order valence-corrected chi connectivity index (χ1v) is 6.25. The number of nitrogens with one attached hydrogen (secondary N) is 1. The van der Waals surface area contributed by atoms with Crippen LogP contribution >= 0.6 is 15.9 Å². The van der Waals surface area contributed by atoms with Gasteiger partial charge in [-0.2, -0.15) is 0 Å². The van der Waals surface area contributed by atoms with E-state index in [4.69, 9.17) is 5.73 Å². The van der Waals surface area contributed by atoms with Crippen molar-refractivity contribution in [2.24, 2.45) is 0 Å². The Kier molecular flexibility index (Phi) is 4.62. The highest BCUT2D eigenvalue weighted by atomic mass is 79.9. The van der Waals surface area contributed by atoms with Crippen LogP contribution in [0.15, 0.2) is 22.7 Å². The third-order valence-corrected chi connectivity index (χ3v) is 2.96. The molecule has 1 unspecified atom stereocenters. The Bertz CT molecular complexity index is 353. The SMILES string of the molecule is CCCC(C)(O)CNc1cc(Br)ccc1N. The first-order valence-electron chi connectivity index (χ1n) is 5.46.